The molecule has 0 unspecified atom stereocenters. The first kappa shape index (κ1) is 21.5. The SMILES string of the molecule is CCCCCCNC(=O)c1c(N)n(N=Cc2cccc(C)c2)c2nc3ccccc3nc12. The molecule has 0 radical (unpaired) electrons. The average molecular weight is 429 g/mol. The molecule has 4 aromatic rings. The van der Waals surface area contributed by atoms with E-state index in [4.69, 9.17) is 15.7 Å². The van der Waals surface area contributed by atoms with Crippen molar-refractivity contribution in [3.63, 3.8) is 0 Å². The first-order chi connectivity index (χ1) is 15.6. The molecule has 0 bridgehead atoms. The maximum Gasteiger partial charge on any atom is 0.257 e. The van der Waals surface area contributed by atoms with Crippen LogP contribution < -0.4 is 11.1 Å². The highest BCUT2D eigenvalue weighted by atomic mass is 16.1. The third-order valence-corrected chi connectivity index (χ3v) is 5.38. The Kier molecular flexibility index (Phi) is 6.44. The topological polar surface area (TPSA) is 98.2 Å². The van der Waals surface area contributed by atoms with Gasteiger partial charge in [0.2, 0.25) is 0 Å². The van der Waals surface area contributed by atoms with Crippen molar-refractivity contribution < 1.29 is 4.79 Å². The van der Waals surface area contributed by atoms with E-state index in [1.165, 1.54) is 4.68 Å². The minimum atomic E-state index is -0.252. The Morgan fingerprint density at radius 1 is 1.09 bits per heavy atom. The normalized spacial score (nSPS) is 11.6. The first-order valence-electron chi connectivity index (χ1n) is 11.0. The number of hydrogen-bond donors (Lipinski definition) is 2. The van der Waals surface area contributed by atoms with Gasteiger partial charge in [-0.05, 0) is 31.0 Å². The van der Waals surface area contributed by atoms with Crippen molar-refractivity contribution in [3.8, 4) is 0 Å². The third kappa shape index (κ3) is 4.46. The molecule has 4 rings (SSSR count). The second-order valence-corrected chi connectivity index (χ2v) is 7.93. The van der Waals surface area contributed by atoms with Gasteiger partial charge >= 0.3 is 0 Å². The van der Waals surface area contributed by atoms with Crippen LogP contribution in [0.1, 0.15) is 54.1 Å². The Morgan fingerprint density at radius 2 is 1.88 bits per heavy atom. The van der Waals surface area contributed by atoms with Crippen LogP contribution in [0.15, 0.2) is 53.6 Å². The first-order valence-corrected chi connectivity index (χ1v) is 11.0. The molecule has 3 N–H and O–H groups in total. The van der Waals surface area contributed by atoms with Gasteiger partial charge in [0, 0.05) is 6.54 Å². The zero-order valence-electron chi connectivity index (χ0n) is 18.5. The predicted molar refractivity (Wildman–Crippen MR) is 130 cm³/mol. The number of nitrogens with two attached hydrogens (primary N) is 1. The average Bonchev–Trinajstić information content (AvgIpc) is 3.06. The number of amides is 1. The van der Waals surface area contributed by atoms with Gasteiger partial charge in [0.25, 0.3) is 5.91 Å². The minimum Gasteiger partial charge on any atom is -0.383 e. The van der Waals surface area contributed by atoms with Gasteiger partial charge in [0.15, 0.2) is 5.65 Å². The van der Waals surface area contributed by atoms with Crippen LogP contribution in [0.2, 0.25) is 0 Å². The van der Waals surface area contributed by atoms with Crippen molar-refractivity contribution in [1.29, 1.82) is 0 Å². The van der Waals surface area contributed by atoms with E-state index in [-0.39, 0.29) is 11.7 Å². The molecule has 0 aliphatic heterocycles. The summed E-state index contributed by atoms with van der Waals surface area (Å²) in [5.41, 5.74) is 11.1. The van der Waals surface area contributed by atoms with Crippen LogP contribution in [0.3, 0.4) is 0 Å². The van der Waals surface area contributed by atoms with Gasteiger partial charge in [-0.2, -0.15) is 9.78 Å². The number of nitrogen functional groups attached to an aromatic ring is 1. The lowest BCUT2D eigenvalue weighted by Crippen LogP contribution is -2.25. The minimum absolute atomic E-state index is 0.227. The summed E-state index contributed by atoms with van der Waals surface area (Å²) in [5, 5.41) is 7.54. The number of carbonyl (C=O) groups is 1. The predicted octanol–water partition coefficient (Wildman–Crippen LogP) is 4.67. The summed E-state index contributed by atoms with van der Waals surface area (Å²) in [6.45, 7) is 4.78. The smallest absolute Gasteiger partial charge is 0.257 e. The lowest BCUT2D eigenvalue weighted by Gasteiger charge is -2.05. The number of carbonyl (C=O) groups excluding carboxylic acids is 1. The molecule has 7 heteroatoms. The number of benzene rings is 2. The van der Waals surface area contributed by atoms with E-state index in [9.17, 15) is 4.79 Å². The number of aromatic nitrogens is 3. The Labute approximate surface area is 187 Å². The van der Waals surface area contributed by atoms with Gasteiger partial charge in [0.1, 0.15) is 16.9 Å². The van der Waals surface area contributed by atoms with Crippen LogP contribution in [0.4, 0.5) is 5.82 Å². The molecule has 32 heavy (non-hydrogen) atoms. The van der Waals surface area contributed by atoms with Gasteiger partial charge in [0.05, 0.1) is 17.2 Å². The van der Waals surface area contributed by atoms with Gasteiger partial charge in [-0.1, -0.05) is 68.1 Å². The van der Waals surface area contributed by atoms with Crippen LogP contribution in [0, 0.1) is 6.92 Å². The van der Waals surface area contributed by atoms with Crippen molar-refractivity contribution in [2.45, 2.75) is 39.5 Å². The van der Waals surface area contributed by atoms with Crippen LogP contribution in [-0.2, 0) is 0 Å². The Hall–Kier alpha value is -3.74. The van der Waals surface area contributed by atoms with Crippen molar-refractivity contribution in [1.82, 2.24) is 20.0 Å². The van der Waals surface area contributed by atoms with Gasteiger partial charge in [-0.3, -0.25) is 4.79 Å². The van der Waals surface area contributed by atoms with E-state index < -0.39 is 0 Å². The van der Waals surface area contributed by atoms with E-state index in [2.05, 4.69) is 17.3 Å². The lowest BCUT2D eigenvalue weighted by atomic mass is 10.2. The summed E-state index contributed by atoms with van der Waals surface area (Å²) >= 11 is 0. The van der Waals surface area contributed by atoms with Gasteiger partial charge in [-0.25, -0.2) is 9.97 Å². The highest BCUT2D eigenvalue weighted by molar-refractivity contribution is 6.10. The van der Waals surface area contributed by atoms with E-state index in [1.807, 2.05) is 55.5 Å². The summed E-state index contributed by atoms with van der Waals surface area (Å²) in [5.74, 6) is -0.0247. The largest absolute Gasteiger partial charge is 0.383 e. The molecular formula is C25H28N6O. The van der Waals surface area contributed by atoms with Crippen molar-refractivity contribution in [2.24, 2.45) is 5.10 Å². The molecule has 2 heterocycles. The fraction of sp³-hybridized carbons (Fsp3) is 0.280. The van der Waals surface area contributed by atoms with Crippen LogP contribution in [0.5, 0.6) is 0 Å². The maximum atomic E-state index is 13.1. The second kappa shape index (κ2) is 9.60. The molecule has 0 spiro atoms. The number of nitrogens with one attached hydrogen (secondary N) is 1. The number of nitrogens with zero attached hydrogens (tertiary/aromatic N) is 4. The quantitative estimate of drug-likeness (QED) is 0.315. The van der Waals surface area contributed by atoms with Crippen molar-refractivity contribution in [2.75, 3.05) is 12.3 Å². The molecule has 0 aliphatic rings. The molecule has 2 aromatic carbocycles. The molecule has 0 atom stereocenters. The summed E-state index contributed by atoms with van der Waals surface area (Å²) < 4.78 is 1.50. The van der Waals surface area contributed by atoms with Crippen LogP contribution in [-0.4, -0.2) is 33.3 Å². The molecule has 7 nitrogen and oxygen atoms in total. The molecule has 164 valence electrons. The standard InChI is InChI=1S/C25H28N6O/c1-3-4-5-8-14-27-25(32)21-22-24(30-20-13-7-6-12-19(20)29-22)31(23(21)26)28-16-18-11-9-10-17(2)15-18/h6-7,9-13,15-16H,3-5,8,14,26H2,1-2H3,(H,27,32). The van der Waals surface area contributed by atoms with Crippen LogP contribution >= 0.6 is 0 Å². The number of rotatable bonds is 8. The molecule has 0 saturated heterocycles. The third-order valence-electron chi connectivity index (χ3n) is 5.38. The number of aryl methyl sites for hydroxylation is 1. The van der Waals surface area contributed by atoms with E-state index >= 15 is 0 Å². The number of anilines is 1. The number of unbranched alkanes of at least 4 members (excludes halogenated alkanes) is 3. The summed E-state index contributed by atoms with van der Waals surface area (Å²) in [6.07, 6.45) is 6.03. The van der Waals surface area contributed by atoms with Gasteiger partial charge < -0.3 is 11.1 Å². The number of fused-ring (bicyclic) bond motifs is 2. The summed E-state index contributed by atoms with van der Waals surface area (Å²) in [7, 11) is 0. The zero-order chi connectivity index (χ0) is 22.5. The molecule has 2 aromatic heterocycles. The number of para-hydroxylation sites is 2. The van der Waals surface area contributed by atoms with E-state index in [0.717, 1.165) is 42.3 Å². The maximum absolute atomic E-state index is 13.1. The highest BCUT2D eigenvalue weighted by Crippen LogP contribution is 2.27. The number of hydrogen-bond acceptors (Lipinski definition) is 5. The van der Waals surface area contributed by atoms with Gasteiger partial charge in [-0.15, -0.1) is 0 Å². The fourth-order valence-corrected chi connectivity index (χ4v) is 3.71. The van der Waals surface area contributed by atoms with Crippen molar-refractivity contribution in [3.05, 3.63) is 65.2 Å². The molecule has 1 amide bonds. The fourth-order valence-electron chi connectivity index (χ4n) is 3.71. The second-order valence-electron chi connectivity index (χ2n) is 7.93. The van der Waals surface area contributed by atoms with Crippen LogP contribution in [0.25, 0.3) is 22.2 Å². The summed E-state index contributed by atoms with van der Waals surface area (Å²) in [6, 6.07) is 15.5. The molecule has 0 aliphatic carbocycles. The van der Waals surface area contributed by atoms with E-state index in [0.29, 0.717) is 28.8 Å². The Balaban J connectivity index is 1.76. The zero-order valence-corrected chi connectivity index (χ0v) is 18.5. The monoisotopic (exact) mass is 428 g/mol. The van der Waals surface area contributed by atoms with E-state index in [1.54, 1.807) is 6.21 Å². The molecule has 0 saturated carbocycles. The highest BCUT2D eigenvalue weighted by Gasteiger charge is 2.23. The molecular weight excluding hydrogens is 400 g/mol. The van der Waals surface area contributed by atoms with Crippen molar-refractivity contribution >= 4 is 40.1 Å². The molecule has 0 fully saturated rings. The Bertz CT molecular complexity index is 1290. The lowest BCUT2D eigenvalue weighted by molar-refractivity contribution is 0.0955. The Morgan fingerprint density at radius 3 is 2.62 bits per heavy atom. The summed E-state index contributed by atoms with van der Waals surface area (Å²) in [4.78, 5) is 22.5.